The van der Waals surface area contributed by atoms with Gasteiger partial charge in [-0.15, -0.1) is 11.3 Å². The van der Waals surface area contributed by atoms with Crippen molar-refractivity contribution in [1.82, 2.24) is 5.32 Å². The molecule has 0 saturated carbocycles. The fraction of sp³-hybridized carbons (Fsp3) is 0.0400. The number of thiophene rings is 1. The molecule has 3 N–H and O–H groups in total. The largest absolute Gasteiger partial charge is 0.348 e. The summed E-state index contributed by atoms with van der Waals surface area (Å²) in [4.78, 5) is 25.5. The molecular weight excluding hydrogens is 470 g/mol. The molecular formula is C25H21N3O4S2. The molecule has 1 aromatic heterocycles. The molecule has 34 heavy (non-hydrogen) atoms. The van der Waals surface area contributed by atoms with Crippen LogP contribution in [0, 0.1) is 0 Å². The Morgan fingerprint density at radius 2 is 1.47 bits per heavy atom. The first kappa shape index (κ1) is 23.2. The molecule has 0 radical (unpaired) electrons. The fourth-order valence-corrected chi connectivity index (χ4v) is 5.22. The highest BCUT2D eigenvalue weighted by molar-refractivity contribution is 7.94. The normalized spacial score (nSPS) is 10.9. The van der Waals surface area contributed by atoms with Gasteiger partial charge >= 0.3 is 0 Å². The maximum absolute atomic E-state index is 12.8. The third-order valence-corrected chi connectivity index (χ3v) is 7.65. The second-order valence-electron chi connectivity index (χ2n) is 7.28. The molecule has 4 rings (SSSR count). The summed E-state index contributed by atoms with van der Waals surface area (Å²) >= 11 is 1.12. The van der Waals surface area contributed by atoms with Gasteiger partial charge in [-0.05, 0) is 53.4 Å². The Balaban J connectivity index is 1.42. The van der Waals surface area contributed by atoms with Crippen molar-refractivity contribution in [3.8, 4) is 0 Å². The van der Waals surface area contributed by atoms with Gasteiger partial charge in [0.25, 0.3) is 21.8 Å². The number of benzene rings is 3. The first-order valence-electron chi connectivity index (χ1n) is 10.3. The van der Waals surface area contributed by atoms with Gasteiger partial charge in [-0.3, -0.25) is 14.3 Å². The lowest BCUT2D eigenvalue weighted by Crippen LogP contribution is -2.24. The zero-order valence-corrected chi connectivity index (χ0v) is 19.5. The molecule has 0 aliphatic carbocycles. The summed E-state index contributed by atoms with van der Waals surface area (Å²) in [5.41, 5.74) is 2.34. The molecule has 1 heterocycles. The molecule has 2 amide bonds. The highest BCUT2D eigenvalue weighted by atomic mass is 32.2. The molecule has 0 unspecified atom stereocenters. The summed E-state index contributed by atoms with van der Waals surface area (Å²) in [6, 6.07) is 25.5. The summed E-state index contributed by atoms with van der Waals surface area (Å²) in [6.45, 7) is 0.366. The standard InChI is InChI=1S/C25H21N3O4S2/c29-24(19-12-14-20(15-13-19)28-34(31,32)23-11-6-16-33-23)27-22-10-5-4-9-21(22)25(30)26-17-18-7-2-1-3-8-18/h1-16,28H,17H2,(H,26,30)(H,27,29). The molecule has 0 fully saturated rings. The van der Waals surface area contributed by atoms with Gasteiger partial charge in [0.15, 0.2) is 0 Å². The Kier molecular flexibility index (Phi) is 7.05. The Labute approximate surface area is 201 Å². The first-order valence-corrected chi connectivity index (χ1v) is 12.7. The lowest BCUT2D eigenvalue weighted by molar-refractivity contribution is 0.0951. The zero-order chi connectivity index (χ0) is 24.0. The number of rotatable bonds is 8. The second kappa shape index (κ2) is 10.3. The van der Waals surface area contributed by atoms with E-state index >= 15 is 0 Å². The zero-order valence-electron chi connectivity index (χ0n) is 17.9. The van der Waals surface area contributed by atoms with Crippen LogP contribution in [0.25, 0.3) is 0 Å². The highest BCUT2D eigenvalue weighted by Gasteiger charge is 2.17. The number of hydrogen-bond acceptors (Lipinski definition) is 5. The van der Waals surface area contributed by atoms with Crippen LogP contribution >= 0.6 is 11.3 Å². The first-order chi connectivity index (χ1) is 16.4. The molecule has 0 aliphatic heterocycles. The topological polar surface area (TPSA) is 104 Å². The number of hydrogen-bond donors (Lipinski definition) is 3. The smallest absolute Gasteiger partial charge is 0.271 e. The number of amides is 2. The van der Waals surface area contributed by atoms with E-state index in [4.69, 9.17) is 0 Å². The van der Waals surface area contributed by atoms with Crippen LogP contribution < -0.4 is 15.4 Å². The predicted octanol–water partition coefficient (Wildman–Crippen LogP) is 4.73. The van der Waals surface area contributed by atoms with Crippen LogP contribution in [0.5, 0.6) is 0 Å². The van der Waals surface area contributed by atoms with Crippen LogP contribution in [0.2, 0.25) is 0 Å². The van der Waals surface area contributed by atoms with Gasteiger partial charge in [0, 0.05) is 17.8 Å². The van der Waals surface area contributed by atoms with Crippen LogP contribution in [-0.2, 0) is 16.6 Å². The minimum absolute atomic E-state index is 0.205. The monoisotopic (exact) mass is 491 g/mol. The van der Waals surface area contributed by atoms with Crippen molar-refractivity contribution >= 4 is 44.5 Å². The molecule has 0 spiro atoms. The van der Waals surface area contributed by atoms with Crippen molar-refractivity contribution in [2.75, 3.05) is 10.0 Å². The Hall–Kier alpha value is -3.95. The van der Waals surface area contributed by atoms with E-state index in [1.54, 1.807) is 35.7 Å². The lowest BCUT2D eigenvalue weighted by atomic mass is 10.1. The Morgan fingerprint density at radius 3 is 2.18 bits per heavy atom. The van der Waals surface area contributed by atoms with E-state index in [1.165, 1.54) is 30.3 Å². The van der Waals surface area contributed by atoms with Gasteiger partial charge in [0.05, 0.1) is 11.3 Å². The van der Waals surface area contributed by atoms with Crippen molar-refractivity contribution in [2.45, 2.75) is 10.8 Å². The van der Waals surface area contributed by atoms with Crippen molar-refractivity contribution in [3.05, 3.63) is 113 Å². The average molecular weight is 492 g/mol. The van der Waals surface area contributed by atoms with E-state index in [1.807, 2.05) is 30.3 Å². The third kappa shape index (κ3) is 5.69. The highest BCUT2D eigenvalue weighted by Crippen LogP contribution is 2.21. The summed E-state index contributed by atoms with van der Waals surface area (Å²) in [5.74, 6) is -0.728. The molecule has 0 saturated heterocycles. The van der Waals surface area contributed by atoms with Gasteiger partial charge in [0.1, 0.15) is 4.21 Å². The minimum atomic E-state index is -3.67. The van der Waals surface area contributed by atoms with Crippen LogP contribution in [0.3, 0.4) is 0 Å². The van der Waals surface area contributed by atoms with E-state index < -0.39 is 15.9 Å². The van der Waals surface area contributed by atoms with E-state index in [9.17, 15) is 18.0 Å². The average Bonchev–Trinajstić information content (AvgIpc) is 3.40. The Bertz CT molecular complexity index is 1390. The quantitative estimate of drug-likeness (QED) is 0.331. The lowest BCUT2D eigenvalue weighted by Gasteiger charge is -2.12. The fourth-order valence-electron chi connectivity index (χ4n) is 3.17. The number of carbonyl (C=O) groups is 2. The molecule has 9 heteroatoms. The summed E-state index contributed by atoms with van der Waals surface area (Å²) < 4.78 is 27.4. The van der Waals surface area contributed by atoms with Crippen molar-refractivity contribution in [1.29, 1.82) is 0 Å². The Morgan fingerprint density at radius 1 is 0.765 bits per heavy atom. The molecule has 0 atom stereocenters. The van der Waals surface area contributed by atoms with E-state index in [0.717, 1.165) is 16.9 Å². The van der Waals surface area contributed by atoms with E-state index in [0.29, 0.717) is 29.0 Å². The van der Waals surface area contributed by atoms with E-state index in [-0.39, 0.29) is 10.1 Å². The molecule has 0 bridgehead atoms. The van der Waals surface area contributed by atoms with Crippen LogP contribution in [0.4, 0.5) is 11.4 Å². The minimum Gasteiger partial charge on any atom is -0.348 e. The van der Waals surface area contributed by atoms with Gasteiger partial charge < -0.3 is 10.6 Å². The van der Waals surface area contributed by atoms with Crippen molar-refractivity contribution in [3.63, 3.8) is 0 Å². The summed E-state index contributed by atoms with van der Waals surface area (Å²) in [6.07, 6.45) is 0. The summed E-state index contributed by atoms with van der Waals surface area (Å²) in [5, 5.41) is 7.30. The van der Waals surface area contributed by atoms with Crippen molar-refractivity contribution < 1.29 is 18.0 Å². The number of anilines is 2. The van der Waals surface area contributed by atoms with Gasteiger partial charge in [-0.1, -0.05) is 48.5 Å². The number of nitrogens with one attached hydrogen (secondary N) is 3. The molecule has 3 aromatic carbocycles. The van der Waals surface area contributed by atoms with Gasteiger partial charge in [-0.25, -0.2) is 8.42 Å². The molecule has 0 aliphatic rings. The van der Waals surface area contributed by atoms with Crippen molar-refractivity contribution in [2.24, 2.45) is 0 Å². The van der Waals surface area contributed by atoms with Gasteiger partial charge in [0.2, 0.25) is 0 Å². The number of sulfonamides is 1. The number of carbonyl (C=O) groups excluding carboxylic acids is 2. The third-order valence-electron chi connectivity index (χ3n) is 4.88. The SMILES string of the molecule is O=C(Nc1ccccc1C(=O)NCc1ccccc1)c1ccc(NS(=O)(=O)c2cccs2)cc1. The number of para-hydroxylation sites is 1. The maximum atomic E-state index is 12.8. The maximum Gasteiger partial charge on any atom is 0.271 e. The van der Waals surface area contributed by atoms with Crippen LogP contribution in [-0.4, -0.2) is 20.2 Å². The summed E-state index contributed by atoms with van der Waals surface area (Å²) in [7, 11) is -3.67. The predicted molar refractivity (Wildman–Crippen MR) is 134 cm³/mol. The molecule has 172 valence electrons. The van der Waals surface area contributed by atoms with Crippen LogP contribution in [0.15, 0.2) is 101 Å². The van der Waals surface area contributed by atoms with Crippen LogP contribution in [0.1, 0.15) is 26.3 Å². The van der Waals surface area contributed by atoms with Gasteiger partial charge in [-0.2, -0.15) is 0 Å². The molecule has 7 nitrogen and oxygen atoms in total. The molecule has 4 aromatic rings. The van der Waals surface area contributed by atoms with E-state index in [2.05, 4.69) is 15.4 Å². The second-order valence-corrected chi connectivity index (χ2v) is 10.1.